The van der Waals surface area contributed by atoms with Crippen molar-refractivity contribution in [2.45, 2.75) is 18.9 Å². The fourth-order valence-electron chi connectivity index (χ4n) is 1.26. The number of carbonyl (C=O) groups excluding carboxylic acids is 1. The fourth-order valence-corrected chi connectivity index (χ4v) is 1.46. The van der Waals surface area contributed by atoms with E-state index in [4.69, 9.17) is 11.6 Å². The number of benzene rings is 1. The topological polar surface area (TPSA) is 37.3 Å². The van der Waals surface area contributed by atoms with Gasteiger partial charge in [0, 0.05) is 5.02 Å². The Morgan fingerprint density at radius 2 is 2.33 bits per heavy atom. The van der Waals surface area contributed by atoms with Gasteiger partial charge in [-0.3, -0.25) is 4.79 Å². The molecule has 0 radical (unpaired) electrons. The molecule has 1 aromatic carbocycles. The summed E-state index contributed by atoms with van der Waals surface area (Å²) in [6, 6.07) is 7.06. The number of allylic oxidation sites excluding steroid dienone is 1. The monoisotopic (exact) mass is 224 g/mol. The van der Waals surface area contributed by atoms with E-state index in [0.717, 1.165) is 5.56 Å². The predicted molar refractivity (Wildman–Crippen MR) is 60.8 cm³/mol. The minimum Gasteiger partial charge on any atom is -0.388 e. The van der Waals surface area contributed by atoms with Gasteiger partial charge in [0.2, 0.25) is 0 Å². The zero-order chi connectivity index (χ0) is 11.3. The first kappa shape index (κ1) is 12.0. The number of carbonyl (C=O) groups is 1. The van der Waals surface area contributed by atoms with Gasteiger partial charge in [-0.1, -0.05) is 30.3 Å². The van der Waals surface area contributed by atoms with Crippen LogP contribution in [-0.2, 0) is 4.79 Å². The van der Waals surface area contributed by atoms with Gasteiger partial charge in [-0.25, -0.2) is 0 Å². The van der Waals surface area contributed by atoms with Crippen LogP contribution in [0.25, 0.3) is 0 Å². The lowest BCUT2D eigenvalue weighted by molar-refractivity contribution is -0.105. The Morgan fingerprint density at radius 3 is 2.93 bits per heavy atom. The summed E-state index contributed by atoms with van der Waals surface area (Å²) in [4.78, 5) is 10.3. The Kier molecular flexibility index (Phi) is 4.53. The molecule has 15 heavy (non-hydrogen) atoms. The standard InChI is InChI=1S/C12H13ClO2/c1-9(8-14)5-6-12(15)10-3-2-4-11(13)7-10/h2-4,7-8,12,15H,1,5-6H2. The molecule has 0 bridgehead atoms. The van der Waals surface area contributed by atoms with Crippen LogP contribution >= 0.6 is 11.6 Å². The van der Waals surface area contributed by atoms with Crippen LogP contribution in [0.1, 0.15) is 24.5 Å². The van der Waals surface area contributed by atoms with Gasteiger partial charge in [-0.2, -0.15) is 0 Å². The van der Waals surface area contributed by atoms with E-state index in [1.54, 1.807) is 24.3 Å². The minimum absolute atomic E-state index is 0.484. The molecule has 1 rings (SSSR count). The molecule has 0 fully saturated rings. The molecular formula is C12H13ClO2. The van der Waals surface area contributed by atoms with Gasteiger partial charge in [0.05, 0.1) is 6.10 Å². The first-order valence-corrected chi connectivity index (χ1v) is 5.07. The second-order valence-corrected chi connectivity index (χ2v) is 3.82. The van der Waals surface area contributed by atoms with E-state index >= 15 is 0 Å². The molecule has 1 N–H and O–H groups in total. The van der Waals surface area contributed by atoms with Crippen molar-refractivity contribution in [3.8, 4) is 0 Å². The molecule has 1 unspecified atom stereocenters. The SMILES string of the molecule is C=C(C=O)CCC(O)c1cccc(Cl)c1. The van der Waals surface area contributed by atoms with Crippen molar-refractivity contribution in [1.29, 1.82) is 0 Å². The van der Waals surface area contributed by atoms with Gasteiger partial charge in [0.25, 0.3) is 0 Å². The zero-order valence-corrected chi connectivity index (χ0v) is 9.07. The first-order valence-electron chi connectivity index (χ1n) is 4.70. The highest BCUT2D eigenvalue weighted by Crippen LogP contribution is 2.22. The molecule has 3 heteroatoms. The van der Waals surface area contributed by atoms with Gasteiger partial charge in [-0.15, -0.1) is 0 Å². The molecule has 80 valence electrons. The second-order valence-electron chi connectivity index (χ2n) is 3.39. The van der Waals surface area contributed by atoms with Crippen LogP contribution in [-0.4, -0.2) is 11.4 Å². The summed E-state index contributed by atoms with van der Waals surface area (Å²) in [5.74, 6) is 0. The molecule has 0 spiro atoms. The van der Waals surface area contributed by atoms with Crippen LogP contribution in [0, 0.1) is 0 Å². The van der Waals surface area contributed by atoms with Crippen LogP contribution in [0.2, 0.25) is 5.02 Å². The Morgan fingerprint density at radius 1 is 1.60 bits per heavy atom. The number of aliphatic hydroxyl groups excluding tert-OH is 1. The van der Waals surface area contributed by atoms with Crippen LogP contribution in [0.15, 0.2) is 36.4 Å². The molecule has 0 saturated heterocycles. The third kappa shape index (κ3) is 3.86. The summed E-state index contributed by atoms with van der Waals surface area (Å²) in [6.45, 7) is 3.55. The molecule has 0 aromatic heterocycles. The van der Waals surface area contributed by atoms with E-state index < -0.39 is 6.10 Å². The fraction of sp³-hybridized carbons (Fsp3) is 0.250. The molecule has 1 atom stereocenters. The molecule has 0 saturated carbocycles. The van der Waals surface area contributed by atoms with Crippen molar-refractivity contribution in [3.63, 3.8) is 0 Å². The summed E-state index contributed by atoms with van der Waals surface area (Å²) in [7, 11) is 0. The average Bonchev–Trinajstić information content (AvgIpc) is 2.25. The summed E-state index contributed by atoms with van der Waals surface area (Å²) in [5.41, 5.74) is 1.26. The minimum atomic E-state index is -0.597. The molecule has 0 heterocycles. The summed E-state index contributed by atoms with van der Waals surface area (Å²) in [5, 5.41) is 10.4. The molecule has 2 nitrogen and oxygen atoms in total. The number of halogens is 1. The highest BCUT2D eigenvalue weighted by Gasteiger charge is 2.07. The quantitative estimate of drug-likeness (QED) is 0.617. The van der Waals surface area contributed by atoms with Crippen molar-refractivity contribution in [1.82, 2.24) is 0 Å². The van der Waals surface area contributed by atoms with Gasteiger partial charge < -0.3 is 5.11 Å². The maximum atomic E-state index is 10.3. The molecule has 1 aromatic rings. The van der Waals surface area contributed by atoms with E-state index in [2.05, 4.69) is 6.58 Å². The van der Waals surface area contributed by atoms with E-state index in [1.807, 2.05) is 0 Å². The van der Waals surface area contributed by atoms with E-state index in [-0.39, 0.29) is 0 Å². The zero-order valence-electron chi connectivity index (χ0n) is 8.32. The predicted octanol–water partition coefficient (Wildman–Crippen LogP) is 2.91. The summed E-state index contributed by atoms with van der Waals surface area (Å²) in [6.07, 6.45) is 1.10. The van der Waals surface area contributed by atoms with Crippen molar-refractivity contribution in [2.75, 3.05) is 0 Å². The number of hydrogen-bond acceptors (Lipinski definition) is 2. The first-order chi connectivity index (χ1) is 7.13. The molecular weight excluding hydrogens is 212 g/mol. The van der Waals surface area contributed by atoms with Crippen molar-refractivity contribution in [2.24, 2.45) is 0 Å². The normalized spacial score (nSPS) is 12.1. The molecule has 0 aliphatic carbocycles. The van der Waals surface area contributed by atoms with Crippen molar-refractivity contribution >= 4 is 17.9 Å². The van der Waals surface area contributed by atoms with E-state index in [1.165, 1.54) is 0 Å². The van der Waals surface area contributed by atoms with Gasteiger partial charge in [0.15, 0.2) is 0 Å². The smallest absolute Gasteiger partial charge is 0.145 e. The van der Waals surface area contributed by atoms with Crippen LogP contribution in [0.5, 0.6) is 0 Å². The maximum Gasteiger partial charge on any atom is 0.145 e. The average molecular weight is 225 g/mol. The Bertz CT molecular complexity index is 360. The molecule has 0 aliphatic rings. The van der Waals surface area contributed by atoms with Crippen molar-refractivity contribution in [3.05, 3.63) is 47.0 Å². The van der Waals surface area contributed by atoms with E-state index in [9.17, 15) is 9.90 Å². The Balaban J connectivity index is 2.57. The highest BCUT2D eigenvalue weighted by atomic mass is 35.5. The third-order valence-corrected chi connectivity index (χ3v) is 2.37. The summed E-state index contributed by atoms with van der Waals surface area (Å²) >= 11 is 5.79. The van der Waals surface area contributed by atoms with Crippen LogP contribution in [0.3, 0.4) is 0 Å². The Labute approximate surface area is 94.2 Å². The Hall–Kier alpha value is -1.12. The van der Waals surface area contributed by atoms with Gasteiger partial charge in [-0.05, 0) is 36.1 Å². The lowest BCUT2D eigenvalue weighted by Gasteiger charge is -2.10. The van der Waals surface area contributed by atoms with Crippen molar-refractivity contribution < 1.29 is 9.90 Å². The lowest BCUT2D eigenvalue weighted by Crippen LogP contribution is -1.98. The molecule has 0 amide bonds. The maximum absolute atomic E-state index is 10.3. The molecule has 0 aliphatic heterocycles. The van der Waals surface area contributed by atoms with Crippen LogP contribution in [0.4, 0.5) is 0 Å². The number of aliphatic hydroxyl groups is 1. The lowest BCUT2D eigenvalue weighted by atomic mass is 10.0. The third-order valence-electron chi connectivity index (χ3n) is 2.14. The van der Waals surface area contributed by atoms with Crippen LogP contribution < -0.4 is 0 Å². The number of rotatable bonds is 5. The largest absolute Gasteiger partial charge is 0.388 e. The second kappa shape index (κ2) is 5.69. The van der Waals surface area contributed by atoms with E-state index in [0.29, 0.717) is 29.7 Å². The van der Waals surface area contributed by atoms with Gasteiger partial charge in [0.1, 0.15) is 6.29 Å². The van der Waals surface area contributed by atoms with Gasteiger partial charge >= 0.3 is 0 Å². The highest BCUT2D eigenvalue weighted by molar-refractivity contribution is 6.30. The number of aldehydes is 1. The summed E-state index contributed by atoms with van der Waals surface area (Å²) < 4.78 is 0. The number of hydrogen-bond donors (Lipinski definition) is 1.